The average molecular weight is 350 g/mol. The van der Waals surface area contributed by atoms with Crippen LogP contribution in [0.3, 0.4) is 0 Å². The molecule has 5 heteroatoms. The molecule has 134 valence electrons. The third-order valence-electron chi connectivity index (χ3n) is 5.71. The second kappa shape index (κ2) is 6.84. The predicted molar refractivity (Wildman–Crippen MR) is 95.4 cm³/mol. The number of nitriles is 2. The number of hydrogen-bond acceptors (Lipinski definition) is 5. The molecule has 1 aliphatic heterocycles. The largest absolute Gasteiger partial charge is 0.454 e. The first-order chi connectivity index (χ1) is 12.5. The molecule has 1 aromatic rings. The lowest BCUT2D eigenvalue weighted by atomic mass is 9.55. The molecule has 5 nitrogen and oxygen atoms in total. The maximum Gasteiger partial charge on any atom is 0.231 e. The Labute approximate surface area is 153 Å². The van der Waals surface area contributed by atoms with Crippen molar-refractivity contribution in [1.82, 2.24) is 0 Å². The van der Waals surface area contributed by atoms with Gasteiger partial charge in [0.05, 0.1) is 12.1 Å². The Hall–Kier alpha value is -2.79. The first-order valence-corrected chi connectivity index (χ1v) is 8.87. The van der Waals surface area contributed by atoms with Gasteiger partial charge in [-0.05, 0) is 37.0 Å². The summed E-state index contributed by atoms with van der Waals surface area (Å²) in [5.41, 5.74) is -1.38. The van der Waals surface area contributed by atoms with E-state index in [0.29, 0.717) is 24.3 Å². The second-order valence-corrected chi connectivity index (χ2v) is 7.28. The van der Waals surface area contributed by atoms with Gasteiger partial charge >= 0.3 is 0 Å². The monoisotopic (exact) mass is 350 g/mol. The highest BCUT2D eigenvalue weighted by molar-refractivity contribution is 5.86. The van der Waals surface area contributed by atoms with Gasteiger partial charge in [0.1, 0.15) is 5.78 Å². The molecular weight excluding hydrogens is 328 g/mol. The Balaban J connectivity index is 2.19. The number of fused-ring (bicyclic) bond motifs is 1. The fourth-order valence-electron chi connectivity index (χ4n) is 4.39. The highest BCUT2D eigenvalue weighted by Gasteiger charge is 2.54. The molecule has 3 rings (SSSR count). The van der Waals surface area contributed by atoms with E-state index in [4.69, 9.17) is 9.47 Å². The SMILES string of the molecule is C=CCC(C#N)(C#N)[C@@H](c1ccc2c(c1)OCO2)[C@@]1(C)CCCCC1=O. The van der Waals surface area contributed by atoms with E-state index in [1.54, 1.807) is 12.1 Å². The van der Waals surface area contributed by atoms with Gasteiger partial charge in [-0.15, -0.1) is 6.58 Å². The van der Waals surface area contributed by atoms with E-state index < -0.39 is 16.7 Å². The molecule has 1 heterocycles. The summed E-state index contributed by atoms with van der Waals surface area (Å²) >= 11 is 0. The summed E-state index contributed by atoms with van der Waals surface area (Å²) in [6.07, 6.45) is 4.69. The average Bonchev–Trinajstić information content (AvgIpc) is 3.11. The van der Waals surface area contributed by atoms with Crippen LogP contribution in [0.1, 0.15) is 50.5 Å². The number of ether oxygens (including phenoxy) is 2. The number of nitrogens with zero attached hydrogens (tertiary/aromatic N) is 2. The summed E-state index contributed by atoms with van der Waals surface area (Å²) in [7, 11) is 0. The quantitative estimate of drug-likeness (QED) is 0.741. The lowest BCUT2D eigenvalue weighted by molar-refractivity contribution is -0.133. The minimum absolute atomic E-state index is 0.116. The lowest BCUT2D eigenvalue weighted by Gasteiger charge is -2.44. The smallest absolute Gasteiger partial charge is 0.231 e. The zero-order chi connectivity index (χ0) is 18.8. The van der Waals surface area contributed by atoms with E-state index in [9.17, 15) is 15.3 Å². The molecule has 0 N–H and O–H groups in total. The van der Waals surface area contributed by atoms with Crippen molar-refractivity contribution in [2.45, 2.75) is 44.9 Å². The standard InChI is InChI=1S/C21H22N2O3/c1-3-9-21(12-22,13-23)19(20(2)10-5-4-6-18(20)24)15-7-8-16-17(11-15)26-14-25-16/h3,7-8,11,19H,1,4-6,9-10,14H2,2H3/t19-,20-/m0/s1. The first-order valence-electron chi connectivity index (χ1n) is 8.87. The number of hydrogen-bond donors (Lipinski definition) is 0. The van der Waals surface area contributed by atoms with Crippen molar-refractivity contribution in [3.05, 3.63) is 36.4 Å². The van der Waals surface area contributed by atoms with Crippen LogP contribution in [-0.2, 0) is 4.79 Å². The van der Waals surface area contributed by atoms with Crippen LogP contribution >= 0.6 is 0 Å². The van der Waals surface area contributed by atoms with E-state index in [-0.39, 0.29) is 19.0 Å². The Morgan fingerprint density at radius 3 is 2.69 bits per heavy atom. The summed E-state index contributed by atoms with van der Waals surface area (Å²) < 4.78 is 10.9. The number of ketones is 1. The van der Waals surface area contributed by atoms with Gasteiger partial charge in [-0.3, -0.25) is 4.79 Å². The van der Waals surface area contributed by atoms with E-state index in [0.717, 1.165) is 18.4 Å². The summed E-state index contributed by atoms with van der Waals surface area (Å²) in [5.74, 6) is 0.772. The molecule has 0 unspecified atom stereocenters. The molecule has 2 atom stereocenters. The minimum Gasteiger partial charge on any atom is -0.454 e. The molecule has 1 aromatic carbocycles. The van der Waals surface area contributed by atoms with E-state index in [1.165, 1.54) is 0 Å². The van der Waals surface area contributed by atoms with Crippen LogP contribution < -0.4 is 9.47 Å². The molecule has 1 aliphatic carbocycles. The molecule has 0 spiro atoms. The normalized spacial score (nSPS) is 23.0. The number of benzene rings is 1. The van der Waals surface area contributed by atoms with Crippen LogP contribution in [0.5, 0.6) is 11.5 Å². The summed E-state index contributed by atoms with van der Waals surface area (Å²) in [6, 6.07) is 9.88. The molecule has 26 heavy (non-hydrogen) atoms. The van der Waals surface area contributed by atoms with Crippen LogP contribution in [0.25, 0.3) is 0 Å². The third kappa shape index (κ3) is 2.74. The van der Waals surface area contributed by atoms with Crippen LogP contribution in [0.4, 0.5) is 0 Å². The first kappa shape index (κ1) is 18.0. The van der Waals surface area contributed by atoms with E-state index in [1.807, 2.05) is 19.1 Å². The molecule has 0 saturated heterocycles. The van der Waals surface area contributed by atoms with Gasteiger partial charge in [-0.1, -0.05) is 25.5 Å². The highest BCUT2D eigenvalue weighted by atomic mass is 16.7. The number of allylic oxidation sites excluding steroid dienone is 1. The van der Waals surface area contributed by atoms with Gasteiger partial charge in [0.15, 0.2) is 16.9 Å². The summed E-state index contributed by atoms with van der Waals surface area (Å²) in [4.78, 5) is 12.9. The fourth-order valence-corrected chi connectivity index (χ4v) is 4.39. The molecule has 0 aromatic heterocycles. The van der Waals surface area contributed by atoms with Gasteiger partial charge < -0.3 is 9.47 Å². The van der Waals surface area contributed by atoms with Gasteiger partial charge in [-0.2, -0.15) is 10.5 Å². The zero-order valence-corrected chi connectivity index (χ0v) is 15.0. The van der Waals surface area contributed by atoms with Crippen molar-refractivity contribution in [2.24, 2.45) is 10.8 Å². The lowest BCUT2D eigenvalue weighted by Crippen LogP contribution is -2.44. The third-order valence-corrected chi connectivity index (χ3v) is 5.71. The molecule has 1 saturated carbocycles. The van der Waals surface area contributed by atoms with Gasteiger partial charge in [0.2, 0.25) is 6.79 Å². The molecule has 2 aliphatic rings. The zero-order valence-electron chi connectivity index (χ0n) is 15.0. The van der Waals surface area contributed by atoms with Crippen molar-refractivity contribution in [1.29, 1.82) is 10.5 Å². The molecule has 0 bridgehead atoms. The predicted octanol–water partition coefficient (Wildman–Crippen LogP) is 4.26. The minimum atomic E-state index is -1.36. The molecular formula is C21H22N2O3. The van der Waals surface area contributed by atoms with Gasteiger partial charge in [0.25, 0.3) is 0 Å². The van der Waals surface area contributed by atoms with Crippen molar-refractivity contribution in [3.63, 3.8) is 0 Å². The van der Waals surface area contributed by atoms with E-state index >= 15 is 0 Å². The summed E-state index contributed by atoms with van der Waals surface area (Å²) in [6.45, 7) is 5.78. The highest BCUT2D eigenvalue weighted by Crippen LogP contribution is 2.55. The van der Waals surface area contributed by atoms with Crippen LogP contribution in [-0.4, -0.2) is 12.6 Å². The maximum absolute atomic E-state index is 12.9. The number of carbonyl (C=O) groups is 1. The molecule has 1 fully saturated rings. The molecule has 0 amide bonds. The van der Waals surface area contributed by atoms with Crippen LogP contribution in [0.2, 0.25) is 0 Å². The van der Waals surface area contributed by atoms with Crippen molar-refractivity contribution < 1.29 is 14.3 Å². The van der Waals surface area contributed by atoms with E-state index in [2.05, 4.69) is 18.7 Å². The van der Waals surface area contributed by atoms with Gasteiger partial charge in [0, 0.05) is 17.8 Å². The van der Waals surface area contributed by atoms with Crippen molar-refractivity contribution >= 4 is 5.78 Å². The van der Waals surface area contributed by atoms with Crippen LogP contribution in [0.15, 0.2) is 30.9 Å². The van der Waals surface area contributed by atoms with Gasteiger partial charge in [-0.25, -0.2) is 0 Å². The van der Waals surface area contributed by atoms with Crippen molar-refractivity contribution in [2.75, 3.05) is 6.79 Å². The second-order valence-electron chi connectivity index (χ2n) is 7.28. The molecule has 0 radical (unpaired) electrons. The Morgan fingerprint density at radius 2 is 2.04 bits per heavy atom. The Morgan fingerprint density at radius 1 is 1.31 bits per heavy atom. The Kier molecular flexibility index (Phi) is 4.74. The summed E-state index contributed by atoms with van der Waals surface area (Å²) in [5, 5.41) is 20.0. The van der Waals surface area contributed by atoms with Crippen molar-refractivity contribution in [3.8, 4) is 23.6 Å². The number of Topliss-reactive ketones (excluding diaryl/α,β-unsaturated/α-hetero) is 1. The number of rotatable bonds is 5. The van der Waals surface area contributed by atoms with Crippen LogP contribution in [0, 0.1) is 33.5 Å². The Bertz CT molecular complexity index is 804. The topological polar surface area (TPSA) is 83.1 Å². The maximum atomic E-state index is 12.9. The number of carbonyl (C=O) groups excluding carboxylic acids is 1. The fraction of sp³-hybridized carbons (Fsp3) is 0.476.